The first-order valence-electron chi connectivity index (χ1n) is 12.5. The summed E-state index contributed by atoms with van der Waals surface area (Å²) in [6.45, 7) is 0. The van der Waals surface area contributed by atoms with Crippen LogP contribution in [0.3, 0.4) is 0 Å². The fraction of sp³-hybridized carbons (Fsp3) is 0.286. The van der Waals surface area contributed by atoms with Gasteiger partial charge in [-0.05, 0) is 23.3 Å². The number of nitrogens with one attached hydrogen (secondary N) is 4. The van der Waals surface area contributed by atoms with Gasteiger partial charge in [-0.1, -0.05) is 36.4 Å². The summed E-state index contributed by atoms with van der Waals surface area (Å²) in [6.07, 6.45) is 2.19. The molecule has 3 atom stereocenters. The van der Waals surface area contributed by atoms with E-state index in [1.807, 2.05) is 54.7 Å². The average Bonchev–Trinajstić information content (AvgIpc) is 3.61. The SMILES string of the molecule is CN1C(=N)N(C)[C@@]2(C1=O)c1[nH]c3ccccc3c1C[C@@]1(C(=O)N(C)C(=N)N1C)[C@@H]2c1c[nH]c2ccccc12. The monoisotopic (exact) mass is 508 g/mol. The molecule has 4 heterocycles. The minimum atomic E-state index is -1.43. The molecule has 0 unspecified atom stereocenters. The van der Waals surface area contributed by atoms with E-state index in [-0.39, 0.29) is 23.7 Å². The number of fused-ring (bicyclic) bond motifs is 5. The van der Waals surface area contributed by atoms with Gasteiger partial charge in [-0.15, -0.1) is 0 Å². The summed E-state index contributed by atoms with van der Waals surface area (Å²) in [4.78, 5) is 42.2. The molecule has 2 spiro atoms. The van der Waals surface area contributed by atoms with Gasteiger partial charge in [0.25, 0.3) is 11.8 Å². The summed E-state index contributed by atoms with van der Waals surface area (Å²) >= 11 is 0. The van der Waals surface area contributed by atoms with Crippen molar-refractivity contribution < 1.29 is 9.59 Å². The second-order valence-corrected chi connectivity index (χ2v) is 10.6. The van der Waals surface area contributed by atoms with E-state index in [9.17, 15) is 9.59 Å². The van der Waals surface area contributed by atoms with Crippen molar-refractivity contribution in [3.63, 3.8) is 0 Å². The molecular formula is C28H28N8O2. The zero-order chi connectivity index (χ0) is 26.7. The third-order valence-electron chi connectivity index (χ3n) is 9.17. The Balaban J connectivity index is 1.69. The number of rotatable bonds is 1. The molecule has 192 valence electrons. The van der Waals surface area contributed by atoms with Gasteiger partial charge in [-0.3, -0.25) is 30.2 Å². The number of H-pyrrole nitrogens is 2. The highest BCUT2D eigenvalue weighted by Gasteiger charge is 2.73. The van der Waals surface area contributed by atoms with Crippen molar-refractivity contribution in [2.45, 2.75) is 23.4 Å². The number of guanidine groups is 2. The highest BCUT2D eigenvalue weighted by atomic mass is 16.2. The minimum Gasteiger partial charge on any atom is -0.361 e. The van der Waals surface area contributed by atoms with Gasteiger partial charge in [-0.25, -0.2) is 0 Å². The predicted molar refractivity (Wildman–Crippen MR) is 144 cm³/mol. The Labute approximate surface area is 218 Å². The number of aromatic nitrogens is 2. The van der Waals surface area contributed by atoms with Gasteiger partial charge in [0.1, 0.15) is 5.54 Å². The van der Waals surface area contributed by atoms with E-state index in [2.05, 4.69) is 9.97 Å². The molecule has 2 aromatic carbocycles. The van der Waals surface area contributed by atoms with E-state index >= 15 is 0 Å². The molecule has 4 N–H and O–H groups in total. The molecule has 38 heavy (non-hydrogen) atoms. The van der Waals surface area contributed by atoms with Gasteiger partial charge >= 0.3 is 0 Å². The number of amides is 2. The van der Waals surface area contributed by atoms with Crippen LogP contribution in [-0.2, 0) is 21.5 Å². The Hall–Kier alpha value is -4.60. The first-order chi connectivity index (χ1) is 18.2. The number of likely N-dealkylation sites (N-methyl/N-ethyl adjacent to an activating group) is 4. The molecule has 3 aliphatic rings. The van der Waals surface area contributed by atoms with Crippen LogP contribution in [-0.4, -0.2) is 87.0 Å². The molecule has 2 fully saturated rings. The molecule has 4 aromatic rings. The molecule has 0 radical (unpaired) electrons. The zero-order valence-electron chi connectivity index (χ0n) is 21.6. The van der Waals surface area contributed by atoms with Crippen LogP contribution in [0, 0.1) is 10.8 Å². The fourth-order valence-corrected chi connectivity index (χ4v) is 7.32. The van der Waals surface area contributed by atoms with Crippen molar-refractivity contribution in [2.24, 2.45) is 0 Å². The average molecular weight is 509 g/mol. The Morgan fingerprint density at radius 3 is 2.05 bits per heavy atom. The Morgan fingerprint density at radius 1 is 0.816 bits per heavy atom. The molecule has 0 saturated carbocycles. The summed E-state index contributed by atoms with van der Waals surface area (Å²) in [6, 6.07) is 15.7. The predicted octanol–water partition coefficient (Wildman–Crippen LogP) is 2.60. The van der Waals surface area contributed by atoms with Crippen molar-refractivity contribution in [3.05, 3.63) is 71.5 Å². The Kier molecular flexibility index (Phi) is 4.18. The number of para-hydroxylation sites is 2. The fourth-order valence-electron chi connectivity index (χ4n) is 7.32. The number of hydrogen-bond acceptors (Lipinski definition) is 4. The normalized spacial score (nSPS) is 27.3. The molecular weight excluding hydrogens is 480 g/mol. The van der Waals surface area contributed by atoms with Crippen LogP contribution in [0.1, 0.15) is 22.7 Å². The van der Waals surface area contributed by atoms with E-state index in [1.54, 1.807) is 38.0 Å². The molecule has 2 amide bonds. The van der Waals surface area contributed by atoms with E-state index in [0.29, 0.717) is 12.1 Å². The van der Waals surface area contributed by atoms with Crippen LogP contribution in [0.15, 0.2) is 54.7 Å². The lowest BCUT2D eigenvalue weighted by atomic mass is 9.58. The van der Waals surface area contributed by atoms with E-state index in [4.69, 9.17) is 10.8 Å². The maximum absolute atomic E-state index is 14.6. The number of aromatic amines is 2. The summed E-state index contributed by atoms with van der Waals surface area (Å²) in [5, 5.41) is 19.6. The molecule has 0 bridgehead atoms. The maximum atomic E-state index is 14.6. The maximum Gasteiger partial charge on any atom is 0.261 e. The van der Waals surface area contributed by atoms with Crippen LogP contribution in [0.25, 0.3) is 21.8 Å². The lowest BCUT2D eigenvalue weighted by Crippen LogP contribution is -2.67. The standard InChI is InChI=1S/C28H28N8O2/c1-33-23(37)27(35(3)25(33)29)13-17-15-9-6-8-12-20(15)32-22(17)28(24(38)34(2)26(30)36(28)4)21(27)18-14-31-19-11-7-5-10-16(18)19/h5-12,14,21,29-32H,13H2,1-4H3/t21-,27-,28+/m0/s1. The number of hydrogen-bond donors (Lipinski definition) is 4. The van der Waals surface area contributed by atoms with Crippen LogP contribution >= 0.6 is 0 Å². The topological polar surface area (TPSA) is 126 Å². The highest BCUT2D eigenvalue weighted by molar-refractivity contribution is 6.14. The zero-order valence-corrected chi connectivity index (χ0v) is 21.6. The van der Waals surface area contributed by atoms with Crippen LogP contribution in [0.2, 0.25) is 0 Å². The molecule has 7 rings (SSSR count). The Bertz CT molecular complexity index is 1730. The number of benzene rings is 2. The van der Waals surface area contributed by atoms with Crippen molar-refractivity contribution in [1.29, 1.82) is 10.8 Å². The van der Waals surface area contributed by atoms with Crippen molar-refractivity contribution in [2.75, 3.05) is 28.2 Å². The van der Waals surface area contributed by atoms with Gasteiger partial charge in [0.15, 0.2) is 5.54 Å². The lowest BCUT2D eigenvalue weighted by Gasteiger charge is -2.53. The second kappa shape index (κ2) is 7.03. The largest absolute Gasteiger partial charge is 0.361 e. The summed E-state index contributed by atoms with van der Waals surface area (Å²) in [7, 11) is 6.76. The van der Waals surface area contributed by atoms with Crippen molar-refractivity contribution in [3.8, 4) is 0 Å². The highest BCUT2D eigenvalue weighted by Crippen LogP contribution is 2.60. The van der Waals surface area contributed by atoms with Gasteiger partial charge < -0.3 is 19.8 Å². The molecule has 1 aliphatic carbocycles. The van der Waals surface area contributed by atoms with Gasteiger partial charge in [0.05, 0.1) is 11.6 Å². The quantitative estimate of drug-likeness (QED) is 0.315. The number of carbonyl (C=O) groups excluding carboxylic acids is 2. The second-order valence-electron chi connectivity index (χ2n) is 10.6. The van der Waals surface area contributed by atoms with Gasteiger partial charge in [0, 0.05) is 62.6 Å². The van der Waals surface area contributed by atoms with Gasteiger partial charge in [-0.2, -0.15) is 0 Å². The first-order valence-corrected chi connectivity index (χ1v) is 12.5. The number of nitrogens with zero attached hydrogens (tertiary/aromatic N) is 4. The minimum absolute atomic E-state index is 0.0537. The van der Waals surface area contributed by atoms with E-state index in [1.165, 1.54) is 9.80 Å². The van der Waals surface area contributed by atoms with Gasteiger partial charge in [0.2, 0.25) is 11.9 Å². The van der Waals surface area contributed by atoms with Crippen LogP contribution in [0.4, 0.5) is 0 Å². The van der Waals surface area contributed by atoms with Crippen LogP contribution < -0.4 is 0 Å². The molecule has 10 nitrogen and oxygen atoms in total. The third-order valence-corrected chi connectivity index (χ3v) is 9.17. The summed E-state index contributed by atoms with van der Waals surface area (Å²) in [5.41, 5.74) is 1.40. The molecule has 2 saturated heterocycles. The van der Waals surface area contributed by atoms with Crippen LogP contribution in [0.5, 0.6) is 0 Å². The van der Waals surface area contributed by atoms with E-state index < -0.39 is 17.0 Å². The third kappa shape index (κ3) is 2.26. The molecule has 10 heteroatoms. The van der Waals surface area contributed by atoms with E-state index in [0.717, 1.165) is 32.9 Å². The van der Waals surface area contributed by atoms with Crippen molar-refractivity contribution in [1.82, 2.24) is 29.6 Å². The molecule has 2 aromatic heterocycles. The Morgan fingerprint density at radius 2 is 1.42 bits per heavy atom. The molecule has 2 aliphatic heterocycles. The number of carbonyl (C=O) groups is 2. The van der Waals surface area contributed by atoms with Crippen molar-refractivity contribution >= 4 is 45.5 Å². The summed E-state index contributed by atoms with van der Waals surface area (Å²) in [5.74, 6) is -1.14. The lowest BCUT2D eigenvalue weighted by molar-refractivity contribution is -0.142. The first kappa shape index (κ1) is 22.6. The smallest absolute Gasteiger partial charge is 0.261 e. The summed E-state index contributed by atoms with van der Waals surface area (Å²) < 4.78 is 0.